The van der Waals surface area contributed by atoms with Gasteiger partial charge in [-0.2, -0.15) is 0 Å². The molecule has 0 radical (unpaired) electrons. The van der Waals surface area contributed by atoms with Gasteiger partial charge in [0.25, 0.3) is 0 Å². The van der Waals surface area contributed by atoms with Gasteiger partial charge in [0.1, 0.15) is 11.6 Å². The van der Waals surface area contributed by atoms with Gasteiger partial charge in [0, 0.05) is 37.5 Å². The molecule has 2 unspecified atom stereocenters. The summed E-state index contributed by atoms with van der Waals surface area (Å²) < 4.78 is 29.5. The number of amides is 1. The highest BCUT2D eigenvalue weighted by molar-refractivity contribution is 6.08. The lowest BCUT2D eigenvalue weighted by Gasteiger charge is -2.25. The molecule has 0 aliphatic carbocycles. The molecule has 1 amide bonds. The Morgan fingerprint density at radius 3 is 2.29 bits per heavy atom. The Morgan fingerprint density at radius 1 is 0.905 bits per heavy atom. The summed E-state index contributed by atoms with van der Waals surface area (Å²) >= 11 is 0. The minimum atomic E-state index is -1.04. The van der Waals surface area contributed by atoms with Crippen LogP contribution in [-0.4, -0.2) is 40.1 Å². The van der Waals surface area contributed by atoms with Crippen LogP contribution in [-0.2, 0) is 37.6 Å². The number of benzene rings is 3. The zero-order valence-electron chi connectivity index (χ0n) is 24.2. The third-order valence-electron chi connectivity index (χ3n) is 7.38. The molecule has 2 atom stereocenters. The molecule has 0 fully saturated rings. The van der Waals surface area contributed by atoms with Gasteiger partial charge in [0.05, 0.1) is 24.3 Å². The fourth-order valence-corrected chi connectivity index (χ4v) is 4.97. The highest BCUT2D eigenvalue weighted by Gasteiger charge is 2.24. The van der Waals surface area contributed by atoms with Gasteiger partial charge in [-0.15, -0.1) is 0 Å². The Morgan fingerprint density at radius 2 is 1.60 bits per heavy atom. The number of carbonyl (C=O) groups is 2. The van der Waals surface area contributed by atoms with E-state index in [9.17, 15) is 23.5 Å². The molecule has 3 N–H and O–H groups in total. The molecule has 42 heavy (non-hydrogen) atoms. The van der Waals surface area contributed by atoms with Crippen molar-refractivity contribution in [3.05, 3.63) is 130 Å². The maximum absolute atomic E-state index is 13.9. The van der Waals surface area contributed by atoms with Gasteiger partial charge in [0.15, 0.2) is 0 Å². The zero-order valence-corrected chi connectivity index (χ0v) is 24.2. The van der Waals surface area contributed by atoms with Crippen LogP contribution in [0.3, 0.4) is 0 Å². The number of carbonyl (C=O) groups excluding carboxylic acids is 2. The summed E-state index contributed by atoms with van der Waals surface area (Å²) in [5.74, 6) is -2.00. The van der Waals surface area contributed by atoms with Crippen molar-refractivity contribution in [2.45, 2.75) is 51.8 Å². The van der Waals surface area contributed by atoms with Crippen molar-refractivity contribution < 1.29 is 23.5 Å². The number of aliphatic hydroxyl groups excluding tert-OH is 1. The first-order valence-corrected chi connectivity index (χ1v) is 14.1. The van der Waals surface area contributed by atoms with E-state index in [4.69, 9.17) is 0 Å². The van der Waals surface area contributed by atoms with E-state index >= 15 is 0 Å². The van der Waals surface area contributed by atoms with Crippen LogP contribution < -0.4 is 10.6 Å². The number of aryl methyl sites for hydroxylation is 2. The van der Waals surface area contributed by atoms with E-state index in [0.717, 1.165) is 23.6 Å². The molecule has 0 bridgehead atoms. The van der Waals surface area contributed by atoms with Crippen LogP contribution >= 0.6 is 0 Å². The van der Waals surface area contributed by atoms with Gasteiger partial charge in [-0.3, -0.25) is 9.59 Å². The van der Waals surface area contributed by atoms with Crippen molar-refractivity contribution in [1.29, 1.82) is 0 Å². The average Bonchev–Trinajstić information content (AvgIpc) is 3.31. The first kappa shape index (κ1) is 30.8. The topological polar surface area (TPSA) is 83.4 Å². The van der Waals surface area contributed by atoms with Crippen molar-refractivity contribution in [2.75, 3.05) is 6.54 Å². The van der Waals surface area contributed by atoms with Crippen molar-refractivity contribution in [3.63, 3.8) is 0 Å². The summed E-state index contributed by atoms with van der Waals surface area (Å²) in [6.45, 7) is 4.69. The Labute approximate surface area is 245 Å². The van der Waals surface area contributed by atoms with E-state index < -0.39 is 23.8 Å². The van der Waals surface area contributed by atoms with Gasteiger partial charge in [0.2, 0.25) is 11.7 Å². The van der Waals surface area contributed by atoms with Crippen molar-refractivity contribution >= 4 is 11.7 Å². The quantitative estimate of drug-likeness (QED) is 0.200. The van der Waals surface area contributed by atoms with Crippen LogP contribution in [0.15, 0.2) is 78.9 Å². The largest absolute Gasteiger partial charge is 0.390 e. The fraction of sp³-hybridized carbons (Fsp3) is 0.294. The van der Waals surface area contributed by atoms with E-state index in [-0.39, 0.29) is 31.1 Å². The SMILES string of the molecule is CCc1cccc(CNCC(O)C(Cc2cc(F)cc(F)c2)NC(=O)Cc2ccc(C(=O)c3ccc(C)cc3)n2C)c1. The Kier molecular flexibility index (Phi) is 10.4. The minimum Gasteiger partial charge on any atom is -0.390 e. The van der Waals surface area contributed by atoms with Crippen LogP contribution in [0.25, 0.3) is 0 Å². The second kappa shape index (κ2) is 14.2. The summed E-state index contributed by atoms with van der Waals surface area (Å²) in [6.07, 6.45) is -0.145. The van der Waals surface area contributed by atoms with Gasteiger partial charge in [-0.05, 0) is 60.7 Å². The number of aliphatic hydroxyl groups is 1. The maximum atomic E-state index is 13.9. The normalized spacial score (nSPS) is 12.6. The molecule has 0 spiro atoms. The third-order valence-corrected chi connectivity index (χ3v) is 7.38. The predicted octanol–water partition coefficient (Wildman–Crippen LogP) is 4.83. The molecule has 4 aromatic rings. The van der Waals surface area contributed by atoms with Crippen LogP contribution in [0.4, 0.5) is 8.78 Å². The van der Waals surface area contributed by atoms with E-state index in [1.165, 1.54) is 17.7 Å². The van der Waals surface area contributed by atoms with Crippen molar-refractivity contribution in [1.82, 2.24) is 15.2 Å². The molecule has 220 valence electrons. The second-order valence-electron chi connectivity index (χ2n) is 10.7. The van der Waals surface area contributed by atoms with Gasteiger partial charge < -0.3 is 20.3 Å². The molecule has 0 aliphatic heterocycles. The van der Waals surface area contributed by atoms with E-state index in [1.807, 2.05) is 31.2 Å². The summed E-state index contributed by atoms with van der Waals surface area (Å²) in [6, 6.07) is 21.2. The Balaban J connectivity index is 1.44. The summed E-state index contributed by atoms with van der Waals surface area (Å²) in [4.78, 5) is 26.2. The highest BCUT2D eigenvalue weighted by Crippen LogP contribution is 2.16. The first-order valence-electron chi connectivity index (χ1n) is 14.1. The van der Waals surface area contributed by atoms with Crippen molar-refractivity contribution in [2.24, 2.45) is 7.05 Å². The maximum Gasteiger partial charge on any atom is 0.226 e. The highest BCUT2D eigenvalue weighted by atomic mass is 19.1. The smallest absolute Gasteiger partial charge is 0.226 e. The Bertz CT molecular complexity index is 1510. The molecule has 1 aromatic heterocycles. The molecular formula is C34H37F2N3O3. The van der Waals surface area contributed by atoms with Crippen LogP contribution in [0.2, 0.25) is 0 Å². The number of hydrogen-bond acceptors (Lipinski definition) is 4. The number of rotatable bonds is 13. The fourth-order valence-electron chi connectivity index (χ4n) is 4.97. The molecule has 3 aromatic carbocycles. The molecule has 1 heterocycles. The van der Waals surface area contributed by atoms with E-state index in [1.54, 1.807) is 35.9 Å². The summed E-state index contributed by atoms with van der Waals surface area (Å²) in [5, 5.41) is 17.1. The summed E-state index contributed by atoms with van der Waals surface area (Å²) in [5.41, 5.74) is 5.25. The number of ketones is 1. The third kappa shape index (κ3) is 8.21. The standard InChI is InChI=1S/C34H37F2N3O3/c1-4-23-6-5-7-24(14-23)20-37-21-32(40)30(17-25-15-27(35)18-28(36)16-25)38-33(41)19-29-12-13-31(39(29)3)34(42)26-10-8-22(2)9-11-26/h5-16,18,30,32,37,40H,4,17,19-21H2,1-3H3,(H,38,41). The van der Waals surface area contributed by atoms with Crippen LogP contribution in [0.1, 0.15) is 50.9 Å². The molecule has 6 nitrogen and oxygen atoms in total. The van der Waals surface area contributed by atoms with E-state index in [0.29, 0.717) is 29.1 Å². The molecule has 4 rings (SSSR count). The van der Waals surface area contributed by atoms with Gasteiger partial charge in [-0.25, -0.2) is 8.78 Å². The molecule has 8 heteroatoms. The number of nitrogens with one attached hydrogen (secondary N) is 2. The lowest BCUT2D eigenvalue weighted by molar-refractivity contribution is -0.122. The summed E-state index contributed by atoms with van der Waals surface area (Å²) in [7, 11) is 1.73. The second-order valence-corrected chi connectivity index (χ2v) is 10.7. The monoisotopic (exact) mass is 573 g/mol. The minimum absolute atomic E-state index is 0.0267. The molecule has 0 aliphatic rings. The zero-order chi connectivity index (χ0) is 30.2. The lowest BCUT2D eigenvalue weighted by Crippen LogP contribution is -2.49. The molecule has 0 saturated heterocycles. The average molecular weight is 574 g/mol. The van der Waals surface area contributed by atoms with Crippen LogP contribution in [0.5, 0.6) is 0 Å². The number of aromatic nitrogens is 1. The number of halogens is 2. The first-order chi connectivity index (χ1) is 20.1. The van der Waals surface area contributed by atoms with Crippen LogP contribution in [0, 0.1) is 18.6 Å². The predicted molar refractivity (Wildman–Crippen MR) is 159 cm³/mol. The van der Waals surface area contributed by atoms with E-state index in [2.05, 4.69) is 29.7 Å². The molecular weight excluding hydrogens is 536 g/mol. The van der Waals surface area contributed by atoms with Gasteiger partial charge in [-0.1, -0.05) is 61.0 Å². The number of hydrogen-bond donors (Lipinski definition) is 3. The van der Waals surface area contributed by atoms with Gasteiger partial charge >= 0.3 is 0 Å². The lowest BCUT2D eigenvalue weighted by atomic mass is 10.00. The molecule has 0 saturated carbocycles. The Hall–Kier alpha value is -4.14. The number of nitrogens with zero attached hydrogens (tertiary/aromatic N) is 1. The van der Waals surface area contributed by atoms with Crippen molar-refractivity contribution in [3.8, 4) is 0 Å².